The fourth-order valence-electron chi connectivity index (χ4n) is 2.13. The zero-order valence-corrected chi connectivity index (χ0v) is 11.3. The molecule has 1 heterocycles. The minimum atomic E-state index is -3.07. The van der Waals surface area contributed by atoms with Gasteiger partial charge < -0.3 is 10.2 Å². The fourth-order valence-corrected chi connectivity index (χ4v) is 3.86. The van der Waals surface area contributed by atoms with E-state index in [9.17, 15) is 8.42 Å². The van der Waals surface area contributed by atoms with Gasteiger partial charge in [-0.05, 0) is 34.0 Å². The van der Waals surface area contributed by atoms with Gasteiger partial charge in [-0.1, -0.05) is 0 Å². The van der Waals surface area contributed by atoms with Gasteiger partial charge in [0.2, 0.25) is 10.0 Å². The molecule has 0 aromatic heterocycles. The molecule has 0 radical (unpaired) electrons. The van der Waals surface area contributed by atoms with E-state index in [0.29, 0.717) is 13.1 Å². The van der Waals surface area contributed by atoms with Crippen LogP contribution in [0.15, 0.2) is 0 Å². The molecule has 0 aliphatic carbocycles. The maximum absolute atomic E-state index is 12.1. The molecule has 5 nitrogen and oxygen atoms in total. The third-order valence-electron chi connectivity index (χ3n) is 2.87. The van der Waals surface area contributed by atoms with Crippen LogP contribution in [-0.2, 0) is 10.0 Å². The topological polar surface area (TPSA) is 52.7 Å². The summed E-state index contributed by atoms with van der Waals surface area (Å²) in [6.07, 6.45) is 1.97. The summed E-state index contributed by atoms with van der Waals surface area (Å²) >= 11 is 0. The summed E-state index contributed by atoms with van der Waals surface area (Å²) in [6, 6.07) is 0.164. The molecule has 96 valence electrons. The highest BCUT2D eigenvalue weighted by molar-refractivity contribution is 7.89. The van der Waals surface area contributed by atoms with Gasteiger partial charge in [0.05, 0.1) is 5.75 Å². The van der Waals surface area contributed by atoms with Gasteiger partial charge >= 0.3 is 0 Å². The quantitative estimate of drug-likeness (QED) is 0.693. The molecule has 0 aromatic rings. The number of hydrogen-bond donors (Lipinski definition) is 1. The standard InChI is InChI=1S/C10H23N3O2S/c1-11-6-8-16(14,15)13-7-4-5-10(13)9-12(2)3/h10-11H,4-9H2,1-3H3. The average Bonchev–Trinajstić information content (AvgIpc) is 2.62. The smallest absolute Gasteiger partial charge is 0.215 e. The lowest BCUT2D eigenvalue weighted by molar-refractivity contribution is 0.291. The summed E-state index contributed by atoms with van der Waals surface area (Å²) < 4.78 is 25.8. The molecular weight excluding hydrogens is 226 g/mol. The van der Waals surface area contributed by atoms with Gasteiger partial charge in [0, 0.05) is 25.7 Å². The van der Waals surface area contributed by atoms with Crippen LogP contribution < -0.4 is 5.32 Å². The molecule has 0 spiro atoms. The molecule has 1 atom stereocenters. The summed E-state index contributed by atoms with van der Waals surface area (Å²) in [5.74, 6) is 0.202. The maximum atomic E-state index is 12.1. The summed E-state index contributed by atoms with van der Waals surface area (Å²) in [5, 5.41) is 2.89. The van der Waals surface area contributed by atoms with E-state index < -0.39 is 10.0 Å². The first-order valence-electron chi connectivity index (χ1n) is 5.76. The molecule has 1 fully saturated rings. The predicted octanol–water partition coefficient (Wildman–Crippen LogP) is -0.438. The Bertz CT molecular complexity index is 303. The van der Waals surface area contributed by atoms with Crippen LogP contribution in [0.25, 0.3) is 0 Å². The Morgan fingerprint density at radius 1 is 1.44 bits per heavy atom. The van der Waals surface area contributed by atoms with Gasteiger partial charge in [-0.25, -0.2) is 8.42 Å². The van der Waals surface area contributed by atoms with Crippen LogP contribution in [0.3, 0.4) is 0 Å². The van der Waals surface area contributed by atoms with Crippen LogP contribution in [0.2, 0.25) is 0 Å². The monoisotopic (exact) mass is 249 g/mol. The van der Waals surface area contributed by atoms with E-state index in [1.807, 2.05) is 14.1 Å². The minimum absolute atomic E-state index is 0.164. The van der Waals surface area contributed by atoms with Crippen LogP contribution in [0.1, 0.15) is 12.8 Å². The van der Waals surface area contributed by atoms with Crippen LogP contribution in [-0.4, -0.2) is 70.2 Å². The lowest BCUT2D eigenvalue weighted by Crippen LogP contribution is -2.43. The second-order valence-electron chi connectivity index (χ2n) is 4.59. The van der Waals surface area contributed by atoms with Crippen LogP contribution >= 0.6 is 0 Å². The van der Waals surface area contributed by atoms with Crippen molar-refractivity contribution in [2.75, 3.05) is 46.5 Å². The van der Waals surface area contributed by atoms with E-state index in [1.165, 1.54) is 0 Å². The second-order valence-corrected chi connectivity index (χ2v) is 6.63. The first-order chi connectivity index (χ1) is 7.47. The molecule has 6 heteroatoms. The Morgan fingerprint density at radius 2 is 2.12 bits per heavy atom. The zero-order valence-electron chi connectivity index (χ0n) is 10.4. The van der Waals surface area contributed by atoms with Gasteiger partial charge in [-0.3, -0.25) is 0 Å². The molecule has 0 aromatic carbocycles. The lowest BCUT2D eigenvalue weighted by Gasteiger charge is -2.26. The van der Waals surface area contributed by atoms with E-state index in [-0.39, 0.29) is 11.8 Å². The normalized spacial score (nSPS) is 23.1. The van der Waals surface area contributed by atoms with Gasteiger partial charge in [-0.15, -0.1) is 0 Å². The van der Waals surface area contributed by atoms with Gasteiger partial charge in [0.25, 0.3) is 0 Å². The van der Waals surface area contributed by atoms with Crippen molar-refractivity contribution in [1.82, 2.24) is 14.5 Å². The Balaban J connectivity index is 2.63. The molecular formula is C10H23N3O2S. The molecule has 1 saturated heterocycles. The van der Waals surface area contributed by atoms with Crippen molar-refractivity contribution >= 4 is 10.0 Å². The lowest BCUT2D eigenvalue weighted by atomic mass is 10.2. The van der Waals surface area contributed by atoms with Gasteiger partial charge in [0.1, 0.15) is 0 Å². The Kier molecular flexibility index (Phi) is 5.17. The van der Waals surface area contributed by atoms with Crippen molar-refractivity contribution in [3.8, 4) is 0 Å². The summed E-state index contributed by atoms with van der Waals surface area (Å²) in [7, 11) is 2.67. The van der Waals surface area contributed by atoms with Crippen molar-refractivity contribution in [3.63, 3.8) is 0 Å². The highest BCUT2D eigenvalue weighted by Gasteiger charge is 2.33. The number of likely N-dealkylation sites (N-methyl/N-ethyl adjacent to an activating group) is 1. The highest BCUT2D eigenvalue weighted by atomic mass is 32.2. The number of sulfonamides is 1. The van der Waals surface area contributed by atoms with Crippen molar-refractivity contribution in [2.45, 2.75) is 18.9 Å². The first kappa shape index (κ1) is 13.9. The molecule has 1 aliphatic heterocycles. The van der Waals surface area contributed by atoms with E-state index in [2.05, 4.69) is 10.2 Å². The molecule has 1 N–H and O–H groups in total. The number of hydrogen-bond acceptors (Lipinski definition) is 4. The van der Waals surface area contributed by atoms with Crippen molar-refractivity contribution in [2.24, 2.45) is 0 Å². The van der Waals surface area contributed by atoms with Crippen molar-refractivity contribution in [1.29, 1.82) is 0 Å². The molecule has 1 unspecified atom stereocenters. The highest BCUT2D eigenvalue weighted by Crippen LogP contribution is 2.21. The van der Waals surface area contributed by atoms with Crippen LogP contribution in [0.5, 0.6) is 0 Å². The Hall–Kier alpha value is -0.170. The van der Waals surface area contributed by atoms with Gasteiger partial charge in [-0.2, -0.15) is 4.31 Å². The Labute approximate surface area is 98.8 Å². The molecule has 0 bridgehead atoms. The first-order valence-corrected chi connectivity index (χ1v) is 7.37. The molecule has 1 rings (SSSR count). The number of rotatable bonds is 6. The summed E-state index contributed by atoms with van der Waals surface area (Å²) in [4.78, 5) is 2.05. The maximum Gasteiger partial charge on any atom is 0.215 e. The second kappa shape index (κ2) is 5.95. The summed E-state index contributed by atoms with van der Waals surface area (Å²) in [6.45, 7) is 2.02. The van der Waals surface area contributed by atoms with Crippen molar-refractivity contribution in [3.05, 3.63) is 0 Å². The minimum Gasteiger partial charge on any atom is -0.319 e. The summed E-state index contributed by atoms with van der Waals surface area (Å²) in [5.41, 5.74) is 0. The van der Waals surface area contributed by atoms with E-state index in [1.54, 1.807) is 11.4 Å². The largest absolute Gasteiger partial charge is 0.319 e. The van der Waals surface area contributed by atoms with Crippen molar-refractivity contribution < 1.29 is 8.42 Å². The molecule has 1 aliphatic rings. The van der Waals surface area contributed by atoms with Crippen LogP contribution in [0.4, 0.5) is 0 Å². The third-order valence-corrected chi connectivity index (χ3v) is 4.78. The van der Waals surface area contributed by atoms with E-state index in [4.69, 9.17) is 0 Å². The zero-order chi connectivity index (χ0) is 12.2. The van der Waals surface area contributed by atoms with Gasteiger partial charge in [0.15, 0.2) is 0 Å². The molecule has 0 saturated carbocycles. The van der Waals surface area contributed by atoms with E-state index in [0.717, 1.165) is 19.4 Å². The number of nitrogens with zero attached hydrogens (tertiary/aromatic N) is 2. The SMILES string of the molecule is CNCCS(=O)(=O)N1CCCC1CN(C)C. The molecule has 0 amide bonds. The predicted molar refractivity (Wildman–Crippen MR) is 66.0 cm³/mol. The number of nitrogens with one attached hydrogen (secondary N) is 1. The van der Waals surface area contributed by atoms with E-state index >= 15 is 0 Å². The third kappa shape index (κ3) is 3.69. The molecule has 16 heavy (non-hydrogen) atoms. The Morgan fingerprint density at radius 3 is 2.69 bits per heavy atom. The van der Waals surface area contributed by atoms with Crippen LogP contribution in [0, 0.1) is 0 Å². The fraction of sp³-hybridized carbons (Fsp3) is 1.00. The average molecular weight is 249 g/mol.